The van der Waals surface area contributed by atoms with E-state index in [9.17, 15) is 17.2 Å². The van der Waals surface area contributed by atoms with Crippen molar-refractivity contribution in [2.24, 2.45) is 0 Å². The van der Waals surface area contributed by atoms with Crippen LogP contribution in [0.2, 0.25) is 0 Å². The summed E-state index contributed by atoms with van der Waals surface area (Å²) in [5.41, 5.74) is 0. The molecule has 0 aliphatic heterocycles. The summed E-state index contributed by atoms with van der Waals surface area (Å²) >= 11 is -2.42. The summed E-state index contributed by atoms with van der Waals surface area (Å²) in [6.45, 7) is 0. The van der Waals surface area contributed by atoms with Crippen molar-refractivity contribution in [3.63, 3.8) is 0 Å². The van der Waals surface area contributed by atoms with Gasteiger partial charge in [-0.3, -0.25) is 4.21 Å². The van der Waals surface area contributed by atoms with Crippen LogP contribution in [0, 0.1) is 0 Å². The molecule has 5 nitrogen and oxygen atoms in total. The Labute approximate surface area is 113 Å². The fourth-order valence-corrected chi connectivity index (χ4v) is 2.13. The molecule has 8 heteroatoms. The van der Waals surface area contributed by atoms with Crippen molar-refractivity contribution in [1.82, 2.24) is 4.72 Å². The summed E-state index contributed by atoms with van der Waals surface area (Å²) < 4.78 is 45.7. The van der Waals surface area contributed by atoms with Crippen LogP contribution in [-0.4, -0.2) is 24.2 Å². The molecule has 0 amide bonds. The number of sulfonamides is 1. The number of hydrogen-bond acceptors (Lipinski definition) is 4. The Hall–Kier alpha value is 0.240. The second-order valence-electron chi connectivity index (χ2n) is 2.42. The van der Waals surface area contributed by atoms with Gasteiger partial charge in [0.15, 0.2) is 0 Å². The Morgan fingerprint density at radius 3 is 2.47 bits per heavy atom. The molecule has 1 atom stereocenters. The predicted octanol–water partition coefficient (Wildman–Crippen LogP) is -3.16. The van der Waals surface area contributed by atoms with Gasteiger partial charge in [-0.2, -0.15) is 0 Å². The molecule has 0 aliphatic carbocycles. The van der Waals surface area contributed by atoms with Gasteiger partial charge < -0.3 is 4.55 Å². The van der Waals surface area contributed by atoms with E-state index in [1.54, 1.807) is 0 Å². The first-order valence-electron chi connectivity index (χ1n) is 3.60. The summed E-state index contributed by atoms with van der Waals surface area (Å²) in [7, 11) is -2.32. The quantitative estimate of drug-likeness (QED) is 0.457. The molecule has 0 aliphatic rings. The summed E-state index contributed by atoms with van der Waals surface area (Å²) in [4.78, 5) is -0.122. The Morgan fingerprint density at radius 2 is 2.00 bits per heavy atom. The van der Waals surface area contributed by atoms with Crippen LogP contribution in [-0.2, 0) is 21.1 Å². The molecular weight excluding hydrogens is 249 g/mol. The van der Waals surface area contributed by atoms with Gasteiger partial charge in [0.2, 0.25) is 10.0 Å². The van der Waals surface area contributed by atoms with Crippen LogP contribution in [0.1, 0.15) is 0 Å². The van der Waals surface area contributed by atoms with E-state index in [0.717, 1.165) is 6.07 Å². The fourth-order valence-electron chi connectivity index (χ4n) is 0.863. The second kappa shape index (κ2) is 6.09. The Bertz CT molecular complexity index is 460. The Kier molecular flexibility index (Phi) is 6.19. The van der Waals surface area contributed by atoms with Crippen LogP contribution in [0.3, 0.4) is 0 Å². The molecule has 15 heavy (non-hydrogen) atoms. The molecule has 0 saturated heterocycles. The van der Waals surface area contributed by atoms with Crippen molar-refractivity contribution < 1.29 is 46.7 Å². The van der Waals surface area contributed by atoms with Crippen molar-refractivity contribution >= 4 is 21.1 Å². The van der Waals surface area contributed by atoms with Gasteiger partial charge in [0.1, 0.15) is 0 Å². The zero-order valence-corrected chi connectivity index (χ0v) is 11.9. The van der Waals surface area contributed by atoms with Gasteiger partial charge in [0, 0.05) is 4.90 Å². The van der Waals surface area contributed by atoms with Gasteiger partial charge in [0.25, 0.3) is 0 Å². The molecule has 1 aromatic rings. The Balaban J connectivity index is 0.00000196. The first-order chi connectivity index (χ1) is 6.47. The molecule has 0 fully saturated rings. The van der Waals surface area contributed by atoms with Crippen LogP contribution >= 0.6 is 0 Å². The Morgan fingerprint density at radius 1 is 1.40 bits per heavy atom. The van der Waals surface area contributed by atoms with E-state index in [4.69, 9.17) is 0 Å². The van der Waals surface area contributed by atoms with Gasteiger partial charge >= 0.3 is 29.6 Å². The van der Waals surface area contributed by atoms with E-state index in [0.29, 0.717) is 0 Å². The molecule has 0 spiro atoms. The molecule has 1 unspecified atom stereocenters. The fraction of sp³-hybridized carbons (Fsp3) is 0.143. The first-order valence-corrected chi connectivity index (χ1v) is 6.16. The van der Waals surface area contributed by atoms with E-state index >= 15 is 0 Å². The predicted molar refractivity (Wildman–Crippen MR) is 49.9 cm³/mol. The topological polar surface area (TPSA) is 86.3 Å². The van der Waals surface area contributed by atoms with Gasteiger partial charge in [-0.15, -0.1) is 0 Å². The second-order valence-corrected chi connectivity index (χ2v) is 5.24. The smallest absolute Gasteiger partial charge is 0.768 e. The minimum Gasteiger partial charge on any atom is -0.768 e. The van der Waals surface area contributed by atoms with E-state index in [1.165, 1.54) is 25.2 Å². The van der Waals surface area contributed by atoms with Crippen molar-refractivity contribution in [3.8, 4) is 0 Å². The van der Waals surface area contributed by atoms with Crippen LogP contribution in [0.15, 0.2) is 34.1 Å². The number of hydrogen-bond donors (Lipinski definition) is 1. The monoisotopic (exact) mass is 257 g/mol. The van der Waals surface area contributed by atoms with E-state index in [-0.39, 0.29) is 39.3 Å². The third kappa shape index (κ3) is 3.95. The normalized spacial score (nSPS) is 12.9. The largest absolute Gasteiger partial charge is 1.00 e. The molecule has 1 rings (SSSR count). The van der Waals surface area contributed by atoms with Crippen LogP contribution in [0.4, 0.5) is 0 Å². The maximum absolute atomic E-state index is 11.3. The van der Waals surface area contributed by atoms with E-state index < -0.39 is 21.1 Å². The SMILES string of the molecule is CNS(=O)(=O)c1cccc(S(=O)[O-])c1.[Na+]. The zero-order chi connectivity index (χ0) is 10.8. The van der Waals surface area contributed by atoms with Crippen molar-refractivity contribution in [3.05, 3.63) is 24.3 Å². The molecule has 1 N–H and O–H groups in total. The van der Waals surface area contributed by atoms with Gasteiger partial charge in [0.05, 0.1) is 4.90 Å². The average Bonchev–Trinajstić information content (AvgIpc) is 2.18. The van der Waals surface area contributed by atoms with Crippen molar-refractivity contribution in [1.29, 1.82) is 0 Å². The van der Waals surface area contributed by atoms with Crippen molar-refractivity contribution in [2.45, 2.75) is 9.79 Å². The minimum atomic E-state index is -3.58. The number of rotatable bonds is 3. The third-order valence-electron chi connectivity index (χ3n) is 1.58. The molecule has 0 saturated carbocycles. The molecular formula is C7H8NNaO4S2. The van der Waals surface area contributed by atoms with Gasteiger partial charge in [-0.1, -0.05) is 6.07 Å². The molecule has 0 heterocycles. The number of nitrogens with one attached hydrogen (secondary N) is 1. The molecule has 0 aromatic heterocycles. The van der Waals surface area contributed by atoms with E-state index in [2.05, 4.69) is 4.72 Å². The first kappa shape index (κ1) is 15.2. The maximum Gasteiger partial charge on any atom is 1.00 e. The summed E-state index contributed by atoms with van der Waals surface area (Å²) in [5.74, 6) is 0. The van der Waals surface area contributed by atoms with Gasteiger partial charge in [-0.25, -0.2) is 13.1 Å². The molecule has 0 radical (unpaired) electrons. The van der Waals surface area contributed by atoms with Crippen LogP contribution in [0.5, 0.6) is 0 Å². The summed E-state index contributed by atoms with van der Waals surface area (Å²) in [6, 6.07) is 5.10. The van der Waals surface area contributed by atoms with E-state index in [1.807, 2.05) is 0 Å². The van der Waals surface area contributed by atoms with Crippen molar-refractivity contribution in [2.75, 3.05) is 7.05 Å². The number of benzene rings is 1. The maximum atomic E-state index is 11.3. The summed E-state index contributed by atoms with van der Waals surface area (Å²) in [6.07, 6.45) is 0. The van der Waals surface area contributed by atoms with Gasteiger partial charge in [-0.05, 0) is 36.3 Å². The molecule has 0 bridgehead atoms. The standard InChI is InChI=1S/C7H9NO4S2.Na/c1-8-14(11,12)7-4-2-3-6(5-7)13(9)10;/h2-5,8H,1H3,(H,9,10);/q;+1/p-1. The zero-order valence-electron chi connectivity index (χ0n) is 8.26. The average molecular weight is 257 g/mol. The molecule has 1 aromatic carbocycles. The molecule has 78 valence electrons. The van der Waals surface area contributed by atoms with Crippen LogP contribution < -0.4 is 34.3 Å². The minimum absolute atomic E-state index is 0. The third-order valence-corrected chi connectivity index (χ3v) is 3.63. The summed E-state index contributed by atoms with van der Waals surface area (Å²) in [5, 5.41) is 0. The van der Waals surface area contributed by atoms with Crippen LogP contribution in [0.25, 0.3) is 0 Å².